The first-order valence-corrected chi connectivity index (χ1v) is 7.91. The minimum atomic E-state index is -0.146. The predicted octanol–water partition coefficient (Wildman–Crippen LogP) is 3.15. The third kappa shape index (κ3) is 5.25. The molecule has 0 radical (unpaired) electrons. The van der Waals surface area contributed by atoms with Gasteiger partial charge >= 0.3 is 0 Å². The average molecular weight is 310 g/mol. The predicted molar refractivity (Wildman–Crippen MR) is 91.3 cm³/mol. The van der Waals surface area contributed by atoms with Crippen molar-refractivity contribution in [1.82, 2.24) is 10.6 Å². The van der Waals surface area contributed by atoms with Crippen molar-refractivity contribution in [2.75, 3.05) is 6.54 Å². The normalized spacial score (nSPS) is 10.1. The van der Waals surface area contributed by atoms with Gasteiger partial charge in [-0.3, -0.25) is 9.59 Å². The monoisotopic (exact) mass is 310 g/mol. The maximum absolute atomic E-state index is 12.1. The van der Waals surface area contributed by atoms with E-state index in [0.29, 0.717) is 24.2 Å². The Kier molecular flexibility index (Phi) is 6.36. The number of hydrogen-bond donors (Lipinski definition) is 2. The van der Waals surface area contributed by atoms with Gasteiger partial charge in [0.2, 0.25) is 0 Å². The molecule has 0 heterocycles. The zero-order valence-corrected chi connectivity index (χ0v) is 13.3. The van der Waals surface area contributed by atoms with Crippen LogP contribution in [0.4, 0.5) is 0 Å². The Labute approximate surface area is 136 Å². The summed E-state index contributed by atoms with van der Waals surface area (Å²) in [6.45, 7) is 3.24. The molecule has 0 unspecified atom stereocenters. The molecule has 4 heteroatoms. The molecule has 2 aromatic carbocycles. The molecule has 0 aliphatic rings. The van der Waals surface area contributed by atoms with Crippen molar-refractivity contribution in [3.63, 3.8) is 0 Å². The molecule has 2 amide bonds. The van der Waals surface area contributed by atoms with Gasteiger partial charge in [0.15, 0.2) is 0 Å². The molecule has 2 aromatic rings. The van der Waals surface area contributed by atoms with Crippen molar-refractivity contribution in [1.29, 1.82) is 0 Å². The molecule has 0 atom stereocenters. The molecule has 0 spiro atoms. The van der Waals surface area contributed by atoms with E-state index in [2.05, 4.69) is 17.6 Å². The van der Waals surface area contributed by atoms with Crippen LogP contribution >= 0.6 is 0 Å². The molecular weight excluding hydrogens is 288 g/mol. The number of carbonyl (C=O) groups is 2. The molecule has 0 aliphatic heterocycles. The summed E-state index contributed by atoms with van der Waals surface area (Å²) in [6.07, 6.45) is 2.01. The Balaban J connectivity index is 1.88. The minimum absolute atomic E-state index is 0.102. The van der Waals surface area contributed by atoms with Gasteiger partial charge in [-0.15, -0.1) is 0 Å². The molecule has 0 aromatic heterocycles. The summed E-state index contributed by atoms with van der Waals surface area (Å²) < 4.78 is 0. The lowest BCUT2D eigenvalue weighted by atomic mass is 10.1. The fraction of sp³-hybridized carbons (Fsp3) is 0.263. The van der Waals surface area contributed by atoms with Crippen molar-refractivity contribution >= 4 is 11.8 Å². The van der Waals surface area contributed by atoms with Gasteiger partial charge in [-0.2, -0.15) is 0 Å². The van der Waals surface area contributed by atoms with Gasteiger partial charge in [0.25, 0.3) is 11.8 Å². The second-order valence-electron chi connectivity index (χ2n) is 5.36. The lowest BCUT2D eigenvalue weighted by Gasteiger charge is -2.07. The molecular formula is C19H22N2O2. The number of rotatable bonds is 7. The maximum Gasteiger partial charge on any atom is 0.251 e. The zero-order valence-electron chi connectivity index (χ0n) is 13.3. The molecule has 2 rings (SSSR count). The Bertz CT molecular complexity index is 636. The molecule has 0 saturated heterocycles. The second-order valence-corrected chi connectivity index (χ2v) is 5.36. The zero-order chi connectivity index (χ0) is 16.5. The second kappa shape index (κ2) is 8.73. The highest BCUT2D eigenvalue weighted by molar-refractivity contribution is 5.97. The van der Waals surface area contributed by atoms with Crippen molar-refractivity contribution in [2.24, 2.45) is 0 Å². The van der Waals surface area contributed by atoms with Crippen LogP contribution < -0.4 is 10.6 Å². The van der Waals surface area contributed by atoms with E-state index < -0.39 is 0 Å². The first-order chi connectivity index (χ1) is 11.2. The standard InChI is InChI=1S/C19H22N2O2/c1-2-3-13-20-18(22)16-9-11-17(12-10-16)19(23)21-14-15-7-5-4-6-8-15/h4-12H,2-3,13-14H2,1H3,(H,20,22)(H,21,23). The highest BCUT2D eigenvalue weighted by atomic mass is 16.2. The van der Waals surface area contributed by atoms with Crippen molar-refractivity contribution in [2.45, 2.75) is 26.3 Å². The summed E-state index contributed by atoms with van der Waals surface area (Å²) in [7, 11) is 0. The van der Waals surface area contributed by atoms with Crippen LogP contribution in [-0.4, -0.2) is 18.4 Å². The van der Waals surface area contributed by atoms with E-state index >= 15 is 0 Å². The van der Waals surface area contributed by atoms with Gasteiger partial charge in [0, 0.05) is 24.2 Å². The molecule has 2 N–H and O–H groups in total. The van der Waals surface area contributed by atoms with Gasteiger partial charge in [0.05, 0.1) is 0 Å². The highest BCUT2D eigenvalue weighted by Crippen LogP contribution is 2.06. The number of amides is 2. The van der Waals surface area contributed by atoms with Crippen LogP contribution in [0, 0.1) is 0 Å². The quantitative estimate of drug-likeness (QED) is 0.772. The maximum atomic E-state index is 12.1. The molecule has 0 saturated carbocycles. The Morgan fingerprint density at radius 2 is 1.39 bits per heavy atom. The molecule has 23 heavy (non-hydrogen) atoms. The van der Waals surface area contributed by atoms with E-state index in [0.717, 1.165) is 18.4 Å². The summed E-state index contributed by atoms with van der Waals surface area (Å²) in [4.78, 5) is 24.0. The van der Waals surface area contributed by atoms with Crippen LogP contribution in [-0.2, 0) is 6.54 Å². The summed E-state index contributed by atoms with van der Waals surface area (Å²) in [5, 5.41) is 5.72. The van der Waals surface area contributed by atoms with Gasteiger partial charge in [-0.1, -0.05) is 43.7 Å². The average Bonchev–Trinajstić information content (AvgIpc) is 2.61. The van der Waals surface area contributed by atoms with Crippen molar-refractivity contribution in [3.8, 4) is 0 Å². The van der Waals surface area contributed by atoms with Crippen molar-refractivity contribution < 1.29 is 9.59 Å². The van der Waals surface area contributed by atoms with Crippen LogP contribution in [0.3, 0.4) is 0 Å². The lowest BCUT2D eigenvalue weighted by Crippen LogP contribution is -2.25. The van der Waals surface area contributed by atoms with Gasteiger partial charge in [0.1, 0.15) is 0 Å². The Morgan fingerprint density at radius 1 is 0.826 bits per heavy atom. The molecule has 0 bridgehead atoms. The van der Waals surface area contributed by atoms with E-state index in [1.54, 1.807) is 24.3 Å². The summed E-state index contributed by atoms with van der Waals surface area (Å²) in [5.74, 6) is -0.249. The van der Waals surface area contributed by atoms with Gasteiger partial charge < -0.3 is 10.6 Å². The number of hydrogen-bond acceptors (Lipinski definition) is 2. The smallest absolute Gasteiger partial charge is 0.251 e. The molecule has 4 nitrogen and oxygen atoms in total. The van der Waals surface area contributed by atoms with Crippen LogP contribution in [0.15, 0.2) is 54.6 Å². The largest absolute Gasteiger partial charge is 0.352 e. The van der Waals surface area contributed by atoms with Gasteiger partial charge in [-0.25, -0.2) is 0 Å². The SMILES string of the molecule is CCCCNC(=O)c1ccc(C(=O)NCc2ccccc2)cc1. The topological polar surface area (TPSA) is 58.2 Å². The lowest BCUT2D eigenvalue weighted by molar-refractivity contribution is 0.0940. The fourth-order valence-electron chi connectivity index (χ4n) is 2.13. The van der Waals surface area contributed by atoms with Crippen LogP contribution in [0.5, 0.6) is 0 Å². The minimum Gasteiger partial charge on any atom is -0.352 e. The highest BCUT2D eigenvalue weighted by Gasteiger charge is 2.08. The first kappa shape index (κ1) is 16.7. The van der Waals surface area contributed by atoms with Crippen LogP contribution in [0.2, 0.25) is 0 Å². The molecule has 0 aliphatic carbocycles. The summed E-state index contributed by atoms with van der Waals surface area (Å²) >= 11 is 0. The third-order valence-corrected chi connectivity index (χ3v) is 3.52. The van der Waals surface area contributed by atoms with E-state index in [-0.39, 0.29) is 11.8 Å². The van der Waals surface area contributed by atoms with Crippen molar-refractivity contribution in [3.05, 3.63) is 71.3 Å². The first-order valence-electron chi connectivity index (χ1n) is 7.91. The van der Waals surface area contributed by atoms with E-state index in [1.807, 2.05) is 30.3 Å². The molecule has 120 valence electrons. The number of nitrogens with one attached hydrogen (secondary N) is 2. The van der Waals surface area contributed by atoms with E-state index in [4.69, 9.17) is 0 Å². The Hall–Kier alpha value is -2.62. The van der Waals surface area contributed by atoms with Gasteiger partial charge in [-0.05, 0) is 36.2 Å². The van der Waals surface area contributed by atoms with E-state index in [1.165, 1.54) is 0 Å². The number of benzene rings is 2. The Morgan fingerprint density at radius 3 is 1.96 bits per heavy atom. The fourth-order valence-corrected chi connectivity index (χ4v) is 2.13. The van der Waals surface area contributed by atoms with Crippen LogP contribution in [0.25, 0.3) is 0 Å². The molecule has 0 fully saturated rings. The van der Waals surface area contributed by atoms with Crippen LogP contribution in [0.1, 0.15) is 46.0 Å². The number of unbranched alkanes of at least 4 members (excludes halogenated alkanes) is 1. The summed E-state index contributed by atoms with van der Waals surface area (Å²) in [6, 6.07) is 16.5. The van der Waals surface area contributed by atoms with E-state index in [9.17, 15) is 9.59 Å². The third-order valence-electron chi connectivity index (χ3n) is 3.52. The number of carbonyl (C=O) groups excluding carboxylic acids is 2. The summed E-state index contributed by atoms with van der Waals surface area (Å²) in [5.41, 5.74) is 2.17.